The van der Waals surface area contributed by atoms with E-state index in [1.165, 1.54) is 0 Å². The average Bonchev–Trinajstić information content (AvgIpc) is 3.38. The smallest absolute Gasteiger partial charge is 0.191 e. The molecule has 0 saturated heterocycles. The van der Waals surface area contributed by atoms with Gasteiger partial charge in [-0.15, -0.1) is 0 Å². The first-order chi connectivity index (χ1) is 12.0. The third kappa shape index (κ3) is 5.70. The van der Waals surface area contributed by atoms with Crippen molar-refractivity contribution in [1.82, 2.24) is 15.5 Å². The summed E-state index contributed by atoms with van der Waals surface area (Å²) in [5, 5.41) is 6.74. The van der Waals surface area contributed by atoms with Gasteiger partial charge in [-0.1, -0.05) is 18.2 Å². The number of aliphatic imine (C=N–C) groups is 1. The summed E-state index contributed by atoms with van der Waals surface area (Å²) in [5.41, 5.74) is 0.762. The van der Waals surface area contributed by atoms with Gasteiger partial charge in [-0.2, -0.15) is 0 Å². The molecule has 0 aliphatic heterocycles. The van der Waals surface area contributed by atoms with Gasteiger partial charge in [0.2, 0.25) is 0 Å². The number of unbranched alkanes of at least 4 members (excludes halogenated alkanes) is 1. The zero-order valence-corrected chi connectivity index (χ0v) is 16.1. The Hall–Kier alpha value is -1.62. The Balaban J connectivity index is 1.72. The Morgan fingerprint density at radius 2 is 1.96 bits per heavy atom. The largest absolute Gasteiger partial charge is 0.356 e. The molecule has 4 nitrogen and oxygen atoms in total. The maximum absolute atomic E-state index is 14.1. The third-order valence-electron chi connectivity index (χ3n) is 5.23. The third-order valence-corrected chi connectivity index (χ3v) is 5.23. The van der Waals surface area contributed by atoms with E-state index >= 15 is 0 Å². The minimum Gasteiger partial charge on any atom is -0.356 e. The van der Waals surface area contributed by atoms with Gasteiger partial charge in [-0.05, 0) is 64.8 Å². The Bertz CT molecular complexity index is 567. The molecule has 1 aliphatic carbocycles. The quantitative estimate of drug-likeness (QED) is 0.409. The first-order valence-electron chi connectivity index (χ1n) is 9.38. The van der Waals surface area contributed by atoms with E-state index in [-0.39, 0.29) is 11.2 Å². The second kappa shape index (κ2) is 9.18. The molecule has 2 rings (SSSR count). The number of nitrogens with zero attached hydrogens (tertiary/aromatic N) is 2. The second-order valence-electron chi connectivity index (χ2n) is 7.39. The summed E-state index contributed by atoms with van der Waals surface area (Å²) in [4.78, 5) is 6.65. The van der Waals surface area contributed by atoms with Crippen molar-refractivity contribution in [3.05, 3.63) is 35.6 Å². The Kier molecular flexibility index (Phi) is 7.24. The lowest BCUT2D eigenvalue weighted by molar-refractivity contribution is 0.268. The standard InChI is InChI=1S/C20H33FN4/c1-16(2)25(4)14-8-7-13-23-19(22-3)24-15-20(11-12-20)17-9-5-6-10-18(17)21/h5-6,9-10,16H,7-8,11-15H2,1-4H3,(H2,22,23,24). The average molecular weight is 349 g/mol. The van der Waals surface area contributed by atoms with E-state index in [1.54, 1.807) is 19.2 Å². The van der Waals surface area contributed by atoms with Gasteiger partial charge in [0.1, 0.15) is 5.82 Å². The minimum atomic E-state index is -0.0981. The molecule has 1 aliphatic rings. The van der Waals surface area contributed by atoms with Crippen molar-refractivity contribution >= 4 is 5.96 Å². The Morgan fingerprint density at radius 1 is 1.24 bits per heavy atom. The molecule has 0 bridgehead atoms. The molecule has 5 heteroatoms. The van der Waals surface area contributed by atoms with Crippen LogP contribution in [0.2, 0.25) is 0 Å². The van der Waals surface area contributed by atoms with E-state index in [1.807, 2.05) is 12.1 Å². The van der Waals surface area contributed by atoms with Gasteiger partial charge >= 0.3 is 0 Å². The molecular weight excluding hydrogens is 315 g/mol. The molecule has 25 heavy (non-hydrogen) atoms. The lowest BCUT2D eigenvalue weighted by Crippen LogP contribution is -2.41. The summed E-state index contributed by atoms with van der Waals surface area (Å²) in [7, 11) is 3.95. The number of benzene rings is 1. The fourth-order valence-corrected chi connectivity index (χ4v) is 3.01. The van der Waals surface area contributed by atoms with Gasteiger partial charge < -0.3 is 15.5 Å². The van der Waals surface area contributed by atoms with E-state index < -0.39 is 0 Å². The van der Waals surface area contributed by atoms with Crippen LogP contribution in [0.25, 0.3) is 0 Å². The van der Waals surface area contributed by atoms with Crippen molar-refractivity contribution < 1.29 is 4.39 Å². The van der Waals surface area contributed by atoms with E-state index in [2.05, 4.69) is 41.4 Å². The van der Waals surface area contributed by atoms with E-state index in [0.717, 1.165) is 56.8 Å². The number of hydrogen-bond acceptors (Lipinski definition) is 2. The highest BCUT2D eigenvalue weighted by molar-refractivity contribution is 5.79. The van der Waals surface area contributed by atoms with Crippen LogP contribution >= 0.6 is 0 Å². The summed E-state index contributed by atoms with van der Waals surface area (Å²) in [5.74, 6) is 0.707. The fraction of sp³-hybridized carbons (Fsp3) is 0.650. The predicted octanol–water partition coefficient (Wildman–Crippen LogP) is 3.14. The van der Waals surface area contributed by atoms with Gasteiger partial charge in [-0.25, -0.2) is 4.39 Å². The van der Waals surface area contributed by atoms with Gasteiger partial charge in [0.05, 0.1) is 0 Å². The van der Waals surface area contributed by atoms with Crippen molar-refractivity contribution in [1.29, 1.82) is 0 Å². The normalized spacial score (nSPS) is 16.4. The van der Waals surface area contributed by atoms with Crippen molar-refractivity contribution in [2.45, 2.75) is 51.0 Å². The summed E-state index contributed by atoms with van der Waals surface area (Å²) in [6.45, 7) is 7.17. The van der Waals surface area contributed by atoms with E-state index in [0.29, 0.717) is 6.04 Å². The van der Waals surface area contributed by atoms with Crippen LogP contribution in [0.15, 0.2) is 29.3 Å². The van der Waals surface area contributed by atoms with Crippen LogP contribution in [0.4, 0.5) is 4.39 Å². The Morgan fingerprint density at radius 3 is 2.56 bits per heavy atom. The molecule has 0 amide bonds. The summed E-state index contributed by atoms with van der Waals surface area (Å²) >= 11 is 0. The molecule has 0 radical (unpaired) electrons. The summed E-state index contributed by atoms with van der Waals surface area (Å²) < 4.78 is 14.1. The zero-order chi connectivity index (χ0) is 18.3. The van der Waals surface area contributed by atoms with Gasteiger partial charge in [-0.3, -0.25) is 4.99 Å². The molecule has 0 spiro atoms. The monoisotopic (exact) mass is 348 g/mol. The van der Waals surface area contributed by atoms with E-state index in [4.69, 9.17) is 0 Å². The molecule has 0 atom stereocenters. The number of guanidine groups is 1. The van der Waals surface area contributed by atoms with Crippen LogP contribution in [0.5, 0.6) is 0 Å². The van der Waals surface area contributed by atoms with Crippen molar-refractivity contribution in [3.8, 4) is 0 Å². The highest BCUT2D eigenvalue weighted by Gasteiger charge is 2.45. The lowest BCUT2D eigenvalue weighted by atomic mass is 9.95. The molecule has 1 saturated carbocycles. The zero-order valence-electron chi connectivity index (χ0n) is 16.1. The Labute approximate surface area is 151 Å². The first kappa shape index (κ1) is 19.7. The highest BCUT2D eigenvalue weighted by atomic mass is 19.1. The maximum atomic E-state index is 14.1. The number of hydrogen-bond donors (Lipinski definition) is 2. The second-order valence-corrected chi connectivity index (χ2v) is 7.39. The van der Waals surface area contributed by atoms with Crippen LogP contribution in [0.1, 0.15) is 45.1 Å². The SMILES string of the molecule is CN=C(NCCCCN(C)C(C)C)NCC1(c2ccccc2F)CC1. The van der Waals surface area contributed by atoms with Crippen LogP contribution in [0.3, 0.4) is 0 Å². The van der Waals surface area contributed by atoms with Crippen LogP contribution in [-0.2, 0) is 5.41 Å². The maximum Gasteiger partial charge on any atom is 0.191 e. The molecule has 1 aromatic carbocycles. The van der Waals surface area contributed by atoms with Gasteiger partial charge in [0, 0.05) is 31.6 Å². The molecule has 0 unspecified atom stereocenters. The molecule has 1 aromatic rings. The lowest BCUT2D eigenvalue weighted by Gasteiger charge is -2.21. The predicted molar refractivity (Wildman–Crippen MR) is 104 cm³/mol. The number of rotatable bonds is 9. The topological polar surface area (TPSA) is 39.7 Å². The molecule has 0 heterocycles. The summed E-state index contributed by atoms with van der Waals surface area (Å²) in [6, 6.07) is 7.72. The number of nitrogens with one attached hydrogen (secondary N) is 2. The van der Waals surface area contributed by atoms with Gasteiger partial charge in [0.25, 0.3) is 0 Å². The minimum absolute atomic E-state index is 0.0665. The molecule has 0 aromatic heterocycles. The fourth-order valence-electron chi connectivity index (χ4n) is 3.01. The summed E-state index contributed by atoms with van der Waals surface area (Å²) in [6.07, 6.45) is 4.33. The van der Waals surface area contributed by atoms with Crippen molar-refractivity contribution in [2.24, 2.45) is 4.99 Å². The molecule has 140 valence electrons. The number of halogens is 1. The van der Waals surface area contributed by atoms with Crippen LogP contribution in [-0.4, -0.2) is 50.6 Å². The molecule has 1 fully saturated rings. The highest BCUT2D eigenvalue weighted by Crippen LogP contribution is 2.48. The van der Waals surface area contributed by atoms with Crippen molar-refractivity contribution in [2.75, 3.05) is 33.7 Å². The van der Waals surface area contributed by atoms with Crippen molar-refractivity contribution in [3.63, 3.8) is 0 Å². The van der Waals surface area contributed by atoms with E-state index in [9.17, 15) is 4.39 Å². The van der Waals surface area contributed by atoms with Crippen LogP contribution in [0, 0.1) is 5.82 Å². The van der Waals surface area contributed by atoms with Crippen LogP contribution < -0.4 is 10.6 Å². The molecular formula is C20H33FN4. The molecule has 2 N–H and O–H groups in total. The first-order valence-corrected chi connectivity index (χ1v) is 9.38. The van der Waals surface area contributed by atoms with Gasteiger partial charge in [0.15, 0.2) is 5.96 Å².